The second kappa shape index (κ2) is 6.11. The summed E-state index contributed by atoms with van der Waals surface area (Å²) in [6, 6.07) is 7.84. The van der Waals surface area contributed by atoms with E-state index in [1.54, 1.807) is 17.0 Å². The number of piperidine rings is 1. The van der Waals surface area contributed by atoms with Crippen LogP contribution in [0.3, 0.4) is 0 Å². The second-order valence-electron chi connectivity index (χ2n) is 6.12. The first-order valence-electron chi connectivity index (χ1n) is 8.42. The van der Waals surface area contributed by atoms with Gasteiger partial charge in [-0.2, -0.15) is 0 Å². The second-order valence-corrected chi connectivity index (χ2v) is 6.12. The Labute approximate surface area is 139 Å². The van der Waals surface area contributed by atoms with Crippen LogP contribution in [0, 0.1) is 0 Å². The molecular weight excluding hydrogens is 304 g/mol. The smallest absolute Gasteiger partial charge is 0.293 e. The molecule has 1 aromatic carbocycles. The molecule has 0 saturated carbocycles. The van der Waals surface area contributed by atoms with Crippen molar-refractivity contribution in [3.05, 3.63) is 52.9 Å². The Hall–Kier alpha value is -2.63. The molecule has 1 aliphatic rings. The Morgan fingerprint density at radius 2 is 2.04 bits per heavy atom. The topological polar surface area (TPSA) is 64.2 Å². The first kappa shape index (κ1) is 14.9. The highest BCUT2D eigenvalue weighted by Crippen LogP contribution is 2.30. The maximum Gasteiger partial charge on any atom is 0.293 e. The van der Waals surface area contributed by atoms with Gasteiger partial charge < -0.3 is 13.9 Å². The van der Waals surface area contributed by atoms with E-state index in [1.165, 1.54) is 0 Å². The quantitative estimate of drug-likeness (QED) is 0.741. The summed E-state index contributed by atoms with van der Waals surface area (Å²) in [7, 11) is 0. The molecule has 0 atom stereocenters. The number of para-hydroxylation sites is 2. The lowest BCUT2D eigenvalue weighted by atomic mass is 9.97. The zero-order valence-corrected chi connectivity index (χ0v) is 13.7. The maximum atomic E-state index is 12.4. The summed E-state index contributed by atoms with van der Waals surface area (Å²) in [6.07, 6.45) is 5.26. The van der Waals surface area contributed by atoms with Crippen LogP contribution in [0.2, 0.25) is 0 Å². The third kappa shape index (κ3) is 2.58. The summed E-state index contributed by atoms with van der Waals surface area (Å²) in [5, 5.41) is 0. The van der Waals surface area contributed by atoms with Crippen LogP contribution in [0.25, 0.3) is 11.1 Å². The molecule has 1 saturated heterocycles. The molecule has 0 radical (unpaired) electrons. The Morgan fingerprint density at radius 3 is 2.79 bits per heavy atom. The van der Waals surface area contributed by atoms with Gasteiger partial charge in [0.05, 0.1) is 0 Å². The highest BCUT2D eigenvalue weighted by molar-refractivity contribution is 5.72. The minimum absolute atomic E-state index is 0.0136. The van der Waals surface area contributed by atoms with Crippen molar-refractivity contribution in [1.29, 1.82) is 0 Å². The molecule has 0 spiro atoms. The van der Waals surface area contributed by atoms with E-state index in [9.17, 15) is 4.79 Å². The summed E-state index contributed by atoms with van der Waals surface area (Å²) in [4.78, 5) is 23.4. The van der Waals surface area contributed by atoms with Crippen LogP contribution in [0.5, 0.6) is 0 Å². The molecule has 3 aromatic rings. The largest absolute Gasteiger partial charge is 0.440 e. The van der Waals surface area contributed by atoms with E-state index in [1.807, 2.05) is 31.2 Å². The average Bonchev–Trinajstić information content (AvgIpc) is 3.06. The van der Waals surface area contributed by atoms with Crippen molar-refractivity contribution in [2.75, 3.05) is 18.0 Å². The molecule has 4 rings (SSSR count). The van der Waals surface area contributed by atoms with Crippen molar-refractivity contribution in [1.82, 2.24) is 14.5 Å². The monoisotopic (exact) mass is 324 g/mol. The molecule has 2 aromatic heterocycles. The number of benzene rings is 1. The van der Waals surface area contributed by atoms with Crippen LogP contribution < -0.4 is 10.5 Å². The standard InChI is InChI=1S/C18H20N4O2/c1-2-21-12-9-19-16(18(21)23)22-10-7-13(8-11-22)17-20-14-5-3-4-6-15(14)24-17/h3-6,9,12-13H,2,7-8,10-11H2,1H3. The van der Waals surface area contributed by atoms with E-state index in [4.69, 9.17) is 4.42 Å². The number of fused-ring (bicyclic) bond motifs is 1. The number of nitrogens with zero attached hydrogens (tertiary/aromatic N) is 4. The Kier molecular flexibility index (Phi) is 3.80. The van der Waals surface area contributed by atoms with Crippen LogP contribution >= 0.6 is 0 Å². The van der Waals surface area contributed by atoms with Crippen LogP contribution in [0.4, 0.5) is 5.82 Å². The fraction of sp³-hybridized carbons (Fsp3) is 0.389. The number of hydrogen-bond donors (Lipinski definition) is 0. The predicted octanol–water partition coefficient (Wildman–Crippen LogP) is 2.79. The van der Waals surface area contributed by atoms with Crippen molar-refractivity contribution >= 4 is 16.9 Å². The number of hydrogen-bond acceptors (Lipinski definition) is 5. The minimum Gasteiger partial charge on any atom is -0.440 e. The van der Waals surface area contributed by atoms with E-state index < -0.39 is 0 Å². The molecular formula is C18H20N4O2. The van der Waals surface area contributed by atoms with Crippen LogP contribution in [-0.2, 0) is 6.54 Å². The number of rotatable bonds is 3. The molecule has 1 fully saturated rings. The molecule has 0 amide bonds. The van der Waals surface area contributed by atoms with Gasteiger partial charge in [-0.3, -0.25) is 4.79 Å². The normalized spacial score (nSPS) is 16.0. The molecule has 3 heterocycles. The molecule has 24 heavy (non-hydrogen) atoms. The molecule has 6 nitrogen and oxygen atoms in total. The van der Waals surface area contributed by atoms with E-state index in [0.717, 1.165) is 42.9 Å². The number of aromatic nitrogens is 3. The summed E-state index contributed by atoms with van der Waals surface area (Å²) in [5.41, 5.74) is 1.73. The maximum absolute atomic E-state index is 12.4. The van der Waals surface area contributed by atoms with Gasteiger partial charge in [0.1, 0.15) is 5.52 Å². The average molecular weight is 324 g/mol. The fourth-order valence-electron chi connectivity index (χ4n) is 3.30. The van der Waals surface area contributed by atoms with Gasteiger partial charge in [0.25, 0.3) is 5.56 Å². The molecule has 1 aliphatic heterocycles. The van der Waals surface area contributed by atoms with Gasteiger partial charge in [0.2, 0.25) is 0 Å². The summed E-state index contributed by atoms with van der Waals surface area (Å²) < 4.78 is 7.59. The zero-order chi connectivity index (χ0) is 16.5. The lowest BCUT2D eigenvalue weighted by Crippen LogP contribution is -2.38. The third-order valence-corrected chi connectivity index (χ3v) is 4.69. The molecule has 6 heteroatoms. The highest BCUT2D eigenvalue weighted by atomic mass is 16.3. The molecule has 0 unspecified atom stereocenters. The summed E-state index contributed by atoms with van der Waals surface area (Å²) >= 11 is 0. The van der Waals surface area contributed by atoms with Crippen LogP contribution in [0.15, 0.2) is 45.9 Å². The van der Waals surface area contributed by atoms with Crippen LogP contribution in [0.1, 0.15) is 31.6 Å². The van der Waals surface area contributed by atoms with Gasteiger partial charge in [-0.25, -0.2) is 9.97 Å². The van der Waals surface area contributed by atoms with Gasteiger partial charge in [0.15, 0.2) is 17.3 Å². The summed E-state index contributed by atoms with van der Waals surface area (Å²) in [6.45, 7) is 4.21. The predicted molar refractivity (Wildman–Crippen MR) is 92.4 cm³/mol. The highest BCUT2D eigenvalue weighted by Gasteiger charge is 2.26. The van der Waals surface area contributed by atoms with Gasteiger partial charge >= 0.3 is 0 Å². The lowest BCUT2D eigenvalue weighted by molar-refractivity contribution is 0.405. The van der Waals surface area contributed by atoms with Crippen LogP contribution in [-0.4, -0.2) is 27.6 Å². The van der Waals surface area contributed by atoms with Gasteiger partial charge in [-0.05, 0) is 31.9 Å². The number of oxazole rings is 1. The van der Waals surface area contributed by atoms with Gasteiger partial charge in [-0.1, -0.05) is 12.1 Å². The summed E-state index contributed by atoms with van der Waals surface area (Å²) in [5.74, 6) is 1.66. The van der Waals surface area contributed by atoms with Crippen molar-refractivity contribution in [3.8, 4) is 0 Å². The first-order chi connectivity index (χ1) is 11.8. The SMILES string of the molecule is CCn1ccnc(N2CCC(c3nc4ccccc4o3)CC2)c1=O. The molecule has 0 aliphatic carbocycles. The minimum atomic E-state index is -0.0136. The van der Waals surface area contributed by atoms with Crippen molar-refractivity contribution in [2.24, 2.45) is 0 Å². The molecule has 0 N–H and O–H groups in total. The van der Waals surface area contributed by atoms with Crippen molar-refractivity contribution < 1.29 is 4.42 Å². The van der Waals surface area contributed by atoms with Gasteiger partial charge in [-0.15, -0.1) is 0 Å². The zero-order valence-electron chi connectivity index (χ0n) is 13.7. The Bertz CT molecular complexity index is 874. The molecule has 124 valence electrons. The van der Waals surface area contributed by atoms with E-state index >= 15 is 0 Å². The Morgan fingerprint density at radius 1 is 1.25 bits per heavy atom. The van der Waals surface area contributed by atoms with Gasteiger partial charge in [0, 0.05) is 37.9 Å². The number of anilines is 1. The first-order valence-corrected chi connectivity index (χ1v) is 8.42. The fourth-order valence-corrected chi connectivity index (χ4v) is 3.30. The van der Waals surface area contributed by atoms with E-state index in [-0.39, 0.29) is 5.56 Å². The number of aryl methyl sites for hydroxylation is 1. The van der Waals surface area contributed by atoms with Crippen molar-refractivity contribution in [3.63, 3.8) is 0 Å². The third-order valence-electron chi connectivity index (χ3n) is 4.69. The van der Waals surface area contributed by atoms with E-state index in [0.29, 0.717) is 18.3 Å². The van der Waals surface area contributed by atoms with Crippen molar-refractivity contribution in [2.45, 2.75) is 32.2 Å². The lowest BCUT2D eigenvalue weighted by Gasteiger charge is -2.31. The molecule has 0 bridgehead atoms. The Balaban J connectivity index is 1.52. The van der Waals surface area contributed by atoms with E-state index in [2.05, 4.69) is 14.9 Å².